The van der Waals surface area contributed by atoms with Crippen LogP contribution < -0.4 is 10.7 Å². The largest absolute Gasteiger partial charge is 0.376 e. The van der Waals surface area contributed by atoms with Gasteiger partial charge in [-0.05, 0) is 30.3 Å². The fraction of sp³-hybridized carbons (Fsp3) is 0.0667. The van der Waals surface area contributed by atoms with Gasteiger partial charge in [-0.3, -0.25) is 4.79 Å². The zero-order valence-corrected chi connectivity index (χ0v) is 11.8. The van der Waals surface area contributed by atoms with E-state index in [0.717, 1.165) is 5.69 Å². The minimum Gasteiger partial charge on any atom is -0.376 e. The molecule has 108 valence electrons. The third-order valence-electron chi connectivity index (χ3n) is 2.60. The highest BCUT2D eigenvalue weighted by molar-refractivity contribution is 6.30. The lowest BCUT2D eigenvalue weighted by molar-refractivity contribution is -0.119. The molecule has 0 unspecified atom stereocenters. The molecule has 2 N–H and O–H groups in total. The average molecular weight is 306 g/mol. The van der Waals surface area contributed by atoms with E-state index in [4.69, 9.17) is 11.6 Å². The molecule has 0 bridgehead atoms. The monoisotopic (exact) mass is 305 g/mol. The summed E-state index contributed by atoms with van der Waals surface area (Å²) in [5.74, 6) is -0.729. The van der Waals surface area contributed by atoms with Crippen LogP contribution in [-0.2, 0) is 4.79 Å². The summed E-state index contributed by atoms with van der Waals surface area (Å²) in [4.78, 5) is 11.6. The Morgan fingerprint density at radius 1 is 1.19 bits per heavy atom. The molecule has 0 aliphatic carbocycles. The maximum atomic E-state index is 13.3. The van der Waals surface area contributed by atoms with Crippen molar-refractivity contribution >= 4 is 29.4 Å². The minimum atomic E-state index is -0.394. The summed E-state index contributed by atoms with van der Waals surface area (Å²) in [6.45, 7) is 0.0518. The smallest absolute Gasteiger partial charge is 0.259 e. The van der Waals surface area contributed by atoms with Gasteiger partial charge in [0.05, 0.1) is 12.8 Å². The van der Waals surface area contributed by atoms with Gasteiger partial charge in [0.2, 0.25) is 0 Å². The van der Waals surface area contributed by atoms with Crippen molar-refractivity contribution in [3.8, 4) is 0 Å². The summed E-state index contributed by atoms with van der Waals surface area (Å²) in [6.07, 6.45) is 1.26. The minimum absolute atomic E-state index is 0.0518. The van der Waals surface area contributed by atoms with Gasteiger partial charge in [-0.15, -0.1) is 0 Å². The van der Waals surface area contributed by atoms with Crippen LogP contribution in [0, 0.1) is 5.82 Å². The highest BCUT2D eigenvalue weighted by Crippen LogP contribution is 2.12. The number of nitrogens with one attached hydrogen (secondary N) is 2. The Kier molecular flexibility index (Phi) is 5.29. The Morgan fingerprint density at radius 2 is 1.90 bits per heavy atom. The van der Waals surface area contributed by atoms with Crippen molar-refractivity contribution in [2.24, 2.45) is 5.10 Å². The normalized spacial score (nSPS) is 10.6. The van der Waals surface area contributed by atoms with Crippen molar-refractivity contribution in [1.29, 1.82) is 0 Å². The standard InChI is InChI=1S/C15H13ClFN3O/c16-12-5-7-13(8-6-12)18-10-15(21)20-19-9-11-3-1-2-4-14(11)17/h1-9,18H,10H2,(H,20,21)/b19-9+. The van der Waals surface area contributed by atoms with E-state index in [0.29, 0.717) is 10.6 Å². The predicted molar refractivity (Wildman–Crippen MR) is 82.1 cm³/mol. The predicted octanol–water partition coefficient (Wildman–Crippen LogP) is 3.04. The molecule has 6 heteroatoms. The Morgan fingerprint density at radius 3 is 2.62 bits per heavy atom. The first kappa shape index (κ1) is 15.0. The number of carbonyl (C=O) groups excluding carboxylic acids is 1. The van der Waals surface area contributed by atoms with Gasteiger partial charge in [0.15, 0.2) is 0 Å². The number of rotatable bonds is 5. The van der Waals surface area contributed by atoms with Gasteiger partial charge in [-0.2, -0.15) is 5.10 Å². The van der Waals surface area contributed by atoms with Crippen LogP contribution in [0.25, 0.3) is 0 Å². The molecule has 1 amide bonds. The number of anilines is 1. The van der Waals surface area contributed by atoms with Gasteiger partial charge >= 0.3 is 0 Å². The first-order valence-corrected chi connectivity index (χ1v) is 6.59. The van der Waals surface area contributed by atoms with Crippen LogP contribution >= 0.6 is 11.6 Å². The summed E-state index contributed by atoms with van der Waals surface area (Å²) in [6, 6.07) is 13.1. The average Bonchev–Trinajstić information content (AvgIpc) is 2.49. The first-order valence-electron chi connectivity index (χ1n) is 6.21. The molecule has 0 aliphatic rings. The topological polar surface area (TPSA) is 53.5 Å². The molecule has 0 atom stereocenters. The van der Waals surface area contributed by atoms with Crippen LogP contribution in [0.4, 0.5) is 10.1 Å². The van der Waals surface area contributed by atoms with E-state index in [1.54, 1.807) is 42.5 Å². The molecule has 0 fully saturated rings. The molecule has 2 aromatic rings. The Balaban J connectivity index is 1.80. The number of halogens is 2. The van der Waals surface area contributed by atoms with Crippen molar-refractivity contribution in [3.05, 3.63) is 64.9 Å². The molecular weight excluding hydrogens is 293 g/mol. The van der Waals surface area contributed by atoms with Crippen LogP contribution in [0.3, 0.4) is 0 Å². The van der Waals surface area contributed by atoms with Crippen molar-refractivity contribution in [2.75, 3.05) is 11.9 Å². The van der Waals surface area contributed by atoms with E-state index in [1.165, 1.54) is 12.3 Å². The molecule has 0 heterocycles. The molecule has 0 radical (unpaired) electrons. The Bertz CT molecular complexity index is 644. The van der Waals surface area contributed by atoms with Gasteiger partial charge in [-0.25, -0.2) is 9.82 Å². The first-order chi connectivity index (χ1) is 10.1. The van der Waals surface area contributed by atoms with Gasteiger partial charge in [0.25, 0.3) is 5.91 Å². The Hall–Kier alpha value is -2.40. The molecule has 0 spiro atoms. The molecule has 21 heavy (non-hydrogen) atoms. The molecule has 2 rings (SSSR count). The van der Waals surface area contributed by atoms with Crippen molar-refractivity contribution < 1.29 is 9.18 Å². The van der Waals surface area contributed by atoms with Crippen molar-refractivity contribution in [2.45, 2.75) is 0 Å². The molecule has 0 aromatic heterocycles. The maximum absolute atomic E-state index is 13.3. The number of benzene rings is 2. The van der Waals surface area contributed by atoms with E-state index in [-0.39, 0.29) is 12.5 Å². The van der Waals surface area contributed by atoms with E-state index in [2.05, 4.69) is 15.8 Å². The second-order valence-corrected chi connectivity index (χ2v) is 4.61. The van der Waals surface area contributed by atoms with Crippen LogP contribution in [0.1, 0.15) is 5.56 Å². The summed E-state index contributed by atoms with van der Waals surface area (Å²) < 4.78 is 13.3. The Labute approximate surface area is 126 Å². The van der Waals surface area contributed by atoms with Crippen LogP contribution in [-0.4, -0.2) is 18.7 Å². The second kappa shape index (κ2) is 7.40. The van der Waals surface area contributed by atoms with Gasteiger partial charge < -0.3 is 5.32 Å². The molecule has 4 nitrogen and oxygen atoms in total. The summed E-state index contributed by atoms with van der Waals surface area (Å²) in [7, 11) is 0. The summed E-state index contributed by atoms with van der Waals surface area (Å²) >= 11 is 5.76. The third-order valence-corrected chi connectivity index (χ3v) is 2.85. The SMILES string of the molecule is O=C(CNc1ccc(Cl)cc1)N/N=C/c1ccccc1F. The lowest BCUT2D eigenvalue weighted by Gasteiger charge is -2.05. The van der Waals surface area contributed by atoms with Crippen molar-refractivity contribution in [1.82, 2.24) is 5.43 Å². The third kappa shape index (κ3) is 4.89. The fourth-order valence-electron chi connectivity index (χ4n) is 1.54. The quantitative estimate of drug-likeness (QED) is 0.659. The van der Waals surface area contributed by atoms with Gasteiger partial charge in [-0.1, -0.05) is 29.8 Å². The zero-order chi connectivity index (χ0) is 15.1. The number of amides is 1. The number of hydrogen-bond donors (Lipinski definition) is 2. The van der Waals surface area contributed by atoms with Crippen molar-refractivity contribution in [3.63, 3.8) is 0 Å². The number of hydrazone groups is 1. The van der Waals surface area contributed by atoms with Crippen LogP contribution in [0.15, 0.2) is 53.6 Å². The van der Waals surface area contributed by atoms with E-state index in [1.807, 2.05) is 0 Å². The molecular formula is C15H13ClFN3O. The zero-order valence-electron chi connectivity index (χ0n) is 11.0. The number of hydrogen-bond acceptors (Lipinski definition) is 3. The molecule has 2 aromatic carbocycles. The summed E-state index contributed by atoms with van der Waals surface area (Å²) in [5, 5.41) is 7.24. The lowest BCUT2D eigenvalue weighted by atomic mass is 10.2. The number of carbonyl (C=O) groups is 1. The van der Waals surface area contributed by atoms with Gasteiger partial charge in [0, 0.05) is 16.3 Å². The molecule has 0 saturated heterocycles. The van der Waals surface area contributed by atoms with E-state index >= 15 is 0 Å². The highest BCUT2D eigenvalue weighted by Gasteiger charge is 2.00. The van der Waals surface area contributed by atoms with E-state index < -0.39 is 5.82 Å². The van der Waals surface area contributed by atoms with Crippen LogP contribution in [0.2, 0.25) is 5.02 Å². The molecule has 0 saturated carbocycles. The number of nitrogens with zero attached hydrogens (tertiary/aromatic N) is 1. The summed E-state index contributed by atoms with van der Waals surface area (Å²) in [5.41, 5.74) is 3.39. The maximum Gasteiger partial charge on any atom is 0.259 e. The highest BCUT2D eigenvalue weighted by atomic mass is 35.5. The van der Waals surface area contributed by atoms with Crippen LogP contribution in [0.5, 0.6) is 0 Å². The lowest BCUT2D eigenvalue weighted by Crippen LogP contribution is -2.25. The second-order valence-electron chi connectivity index (χ2n) is 4.18. The van der Waals surface area contributed by atoms with Gasteiger partial charge in [0.1, 0.15) is 5.82 Å². The molecule has 0 aliphatic heterocycles. The van der Waals surface area contributed by atoms with E-state index in [9.17, 15) is 9.18 Å². The fourth-order valence-corrected chi connectivity index (χ4v) is 1.67.